The Balaban J connectivity index is 0.00000304. The van der Waals surface area contributed by atoms with Crippen LogP contribution >= 0.6 is 13.5 Å². The number of Topliss-reactive ketones (excluding diaryl/α,β-unsaturated/α-hetero) is 1. The molecule has 1 saturated heterocycles. The van der Waals surface area contributed by atoms with Crippen LogP contribution in [0, 0.1) is 0 Å². The lowest BCUT2D eigenvalue weighted by Gasteiger charge is -2.28. The zero-order valence-electron chi connectivity index (χ0n) is 19.8. The zero-order valence-corrected chi connectivity index (χ0v) is 20.8. The molecular weight excluding hydrogens is 478 g/mol. The van der Waals surface area contributed by atoms with Crippen LogP contribution in [-0.4, -0.2) is 68.2 Å². The van der Waals surface area contributed by atoms with Crippen molar-refractivity contribution in [1.82, 2.24) is 24.9 Å². The van der Waals surface area contributed by atoms with Crippen molar-refractivity contribution < 1.29 is 14.6 Å². The summed E-state index contributed by atoms with van der Waals surface area (Å²) in [5.41, 5.74) is 10.3. The highest BCUT2D eigenvalue weighted by Crippen LogP contribution is 2.30. The monoisotopic (exact) mass is 505 g/mol. The van der Waals surface area contributed by atoms with Gasteiger partial charge in [-0.15, -0.1) is 0 Å². The Morgan fingerprint density at radius 1 is 1.06 bits per heavy atom. The van der Waals surface area contributed by atoms with E-state index in [0.717, 1.165) is 22.5 Å². The SMILES string of the molecule is C[C@H](O)C(=O)Cc1cccc(-c2cnc3c(N4CCOCC4)nc(-c4cnc(N)nc4)nc3c2)c1.S. The van der Waals surface area contributed by atoms with Gasteiger partial charge in [0.05, 0.1) is 24.3 Å². The fourth-order valence-electron chi connectivity index (χ4n) is 3.95. The summed E-state index contributed by atoms with van der Waals surface area (Å²) >= 11 is 0. The Hall–Kier alpha value is -3.67. The quantitative estimate of drug-likeness (QED) is 0.400. The van der Waals surface area contributed by atoms with E-state index in [2.05, 4.69) is 14.9 Å². The number of carbonyl (C=O) groups is 1. The Kier molecular flexibility index (Phi) is 7.73. The van der Waals surface area contributed by atoms with Gasteiger partial charge < -0.3 is 20.5 Å². The Morgan fingerprint density at radius 3 is 2.50 bits per heavy atom. The Bertz CT molecular complexity index is 1380. The molecule has 0 aliphatic carbocycles. The molecule has 5 rings (SSSR count). The first-order chi connectivity index (χ1) is 17.0. The fraction of sp³-hybridized carbons (Fsp3) is 0.280. The van der Waals surface area contributed by atoms with E-state index in [4.69, 9.17) is 25.4 Å². The minimum Gasteiger partial charge on any atom is -0.386 e. The third-order valence-electron chi connectivity index (χ3n) is 5.86. The smallest absolute Gasteiger partial charge is 0.219 e. The third kappa shape index (κ3) is 5.43. The number of benzene rings is 1. The minimum absolute atomic E-state index is 0. The molecule has 0 saturated carbocycles. The molecule has 1 atom stereocenters. The Morgan fingerprint density at radius 2 is 1.78 bits per heavy atom. The molecule has 0 amide bonds. The number of nitrogens with two attached hydrogens (primary N) is 1. The predicted octanol–water partition coefficient (Wildman–Crippen LogP) is 2.17. The predicted molar refractivity (Wildman–Crippen MR) is 142 cm³/mol. The van der Waals surface area contributed by atoms with E-state index in [1.54, 1.807) is 18.6 Å². The van der Waals surface area contributed by atoms with Crippen LogP contribution in [-0.2, 0) is 16.0 Å². The number of hydrogen-bond donors (Lipinski definition) is 2. The highest BCUT2D eigenvalue weighted by atomic mass is 32.1. The lowest BCUT2D eigenvalue weighted by Crippen LogP contribution is -2.37. The van der Waals surface area contributed by atoms with Gasteiger partial charge in [-0.2, -0.15) is 13.5 Å². The summed E-state index contributed by atoms with van der Waals surface area (Å²) in [5.74, 6) is 1.17. The molecule has 1 fully saturated rings. The molecule has 1 aliphatic rings. The minimum atomic E-state index is -0.993. The number of aliphatic hydroxyl groups is 1. The van der Waals surface area contributed by atoms with Crippen molar-refractivity contribution in [3.8, 4) is 22.5 Å². The molecule has 4 heterocycles. The van der Waals surface area contributed by atoms with Crippen molar-refractivity contribution >= 4 is 42.1 Å². The average molecular weight is 506 g/mol. The van der Waals surface area contributed by atoms with Gasteiger partial charge in [0.1, 0.15) is 11.6 Å². The summed E-state index contributed by atoms with van der Waals surface area (Å²) in [7, 11) is 0. The van der Waals surface area contributed by atoms with E-state index in [9.17, 15) is 9.90 Å². The maximum Gasteiger partial charge on any atom is 0.219 e. The molecule has 3 N–H and O–H groups in total. The number of anilines is 2. The van der Waals surface area contributed by atoms with Gasteiger partial charge in [0, 0.05) is 43.7 Å². The first kappa shape index (κ1) is 25.4. The second-order valence-corrected chi connectivity index (χ2v) is 8.41. The number of pyridine rings is 1. The van der Waals surface area contributed by atoms with Crippen molar-refractivity contribution in [2.24, 2.45) is 0 Å². The number of aliphatic hydroxyl groups excluding tert-OH is 1. The van der Waals surface area contributed by atoms with Gasteiger partial charge in [0.2, 0.25) is 5.95 Å². The van der Waals surface area contributed by atoms with Crippen LogP contribution in [0.3, 0.4) is 0 Å². The van der Waals surface area contributed by atoms with Gasteiger partial charge in [0.15, 0.2) is 17.4 Å². The van der Waals surface area contributed by atoms with Gasteiger partial charge in [-0.25, -0.2) is 19.9 Å². The van der Waals surface area contributed by atoms with E-state index in [1.165, 1.54) is 6.92 Å². The first-order valence-corrected chi connectivity index (χ1v) is 11.4. The lowest BCUT2D eigenvalue weighted by atomic mass is 10.0. The number of ketones is 1. The van der Waals surface area contributed by atoms with Gasteiger partial charge >= 0.3 is 0 Å². The van der Waals surface area contributed by atoms with Crippen molar-refractivity contribution in [2.45, 2.75) is 19.4 Å². The second-order valence-electron chi connectivity index (χ2n) is 8.41. The maximum atomic E-state index is 12.0. The number of nitrogen functional groups attached to an aromatic ring is 1. The van der Waals surface area contributed by atoms with Crippen LogP contribution < -0.4 is 10.6 Å². The second kappa shape index (κ2) is 10.9. The number of carbonyl (C=O) groups excluding carboxylic acids is 1. The molecule has 10 nitrogen and oxygen atoms in total. The number of nitrogens with zero attached hydrogens (tertiary/aromatic N) is 6. The van der Waals surface area contributed by atoms with Crippen LogP contribution in [0.1, 0.15) is 12.5 Å². The third-order valence-corrected chi connectivity index (χ3v) is 5.86. The van der Waals surface area contributed by atoms with Gasteiger partial charge in [0.25, 0.3) is 0 Å². The molecule has 1 aliphatic heterocycles. The van der Waals surface area contributed by atoms with Crippen molar-refractivity contribution in [2.75, 3.05) is 36.9 Å². The summed E-state index contributed by atoms with van der Waals surface area (Å²) in [6.45, 7) is 4.11. The first-order valence-electron chi connectivity index (χ1n) is 11.4. The molecule has 0 bridgehead atoms. The standard InChI is InChI=1S/C25H25N7O3.H2S/c1-15(33)21(34)10-16-3-2-4-17(9-16)18-11-20-22(27-12-18)24(32-5-7-35-8-6-32)31-23(30-20)19-13-28-25(26)29-14-19;/h2-4,9,11-15,33H,5-8,10H2,1H3,(H2,26,28,29);1H2/t15-;/m0./s1. The molecule has 0 unspecified atom stereocenters. The van der Waals surface area contributed by atoms with E-state index in [-0.39, 0.29) is 31.6 Å². The Labute approximate surface area is 215 Å². The largest absolute Gasteiger partial charge is 0.386 e. The number of fused-ring (bicyclic) bond motifs is 1. The number of aromatic nitrogens is 5. The van der Waals surface area contributed by atoms with E-state index < -0.39 is 6.10 Å². The number of morpholine rings is 1. The van der Waals surface area contributed by atoms with E-state index in [0.29, 0.717) is 48.7 Å². The lowest BCUT2D eigenvalue weighted by molar-refractivity contribution is -0.125. The van der Waals surface area contributed by atoms with Crippen LogP contribution in [0.4, 0.5) is 11.8 Å². The summed E-state index contributed by atoms with van der Waals surface area (Å²) in [6, 6.07) is 9.61. The maximum absolute atomic E-state index is 12.0. The molecule has 0 spiro atoms. The summed E-state index contributed by atoms with van der Waals surface area (Å²) in [5, 5.41) is 9.55. The zero-order chi connectivity index (χ0) is 24.4. The molecule has 11 heteroatoms. The molecule has 0 radical (unpaired) electrons. The van der Waals surface area contributed by atoms with Gasteiger partial charge in [-0.05, 0) is 24.1 Å². The van der Waals surface area contributed by atoms with Crippen LogP contribution in [0.15, 0.2) is 48.9 Å². The van der Waals surface area contributed by atoms with E-state index >= 15 is 0 Å². The normalized spacial score (nSPS) is 14.3. The molecule has 36 heavy (non-hydrogen) atoms. The molecule has 4 aromatic rings. The highest BCUT2D eigenvalue weighted by Gasteiger charge is 2.20. The number of ether oxygens (including phenoxy) is 1. The fourth-order valence-corrected chi connectivity index (χ4v) is 3.95. The topological polar surface area (TPSA) is 140 Å². The number of rotatable bonds is 6. The molecular formula is C25H27N7O3S. The van der Waals surface area contributed by atoms with Crippen LogP contribution in [0.25, 0.3) is 33.5 Å². The average Bonchev–Trinajstić information content (AvgIpc) is 2.88. The number of hydrogen-bond acceptors (Lipinski definition) is 10. The summed E-state index contributed by atoms with van der Waals surface area (Å²) < 4.78 is 5.51. The van der Waals surface area contributed by atoms with Gasteiger partial charge in [-0.1, -0.05) is 24.3 Å². The summed E-state index contributed by atoms with van der Waals surface area (Å²) in [6.07, 6.45) is 4.17. The van der Waals surface area contributed by atoms with E-state index in [1.807, 2.05) is 30.3 Å². The highest BCUT2D eigenvalue weighted by molar-refractivity contribution is 7.59. The van der Waals surface area contributed by atoms with Gasteiger partial charge in [-0.3, -0.25) is 9.78 Å². The summed E-state index contributed by atoms with van der Waals surface area (Å²) in [4.78, 5) is 36.6. The molecule has 1 aromatic carbocycles. The van der Waals surface area contributed by atoms with Crippen molar-refractivity contribution in [3.05, 3.63) is 54.5 Å². The molecule has 186 valence electrons. The van der Waals surface area contributed by atoms with Crippen molar-refractivity contribution in [1.29, 1.82) is 0 Å². The van der Waals surface area contributed by atoms with Crippen LogP contribution in [0.5, 0.6) is 0 Å². The van der Waals surface area contributed by atoms with Crippen LogP contribution in [0.2, 0.25) is 0 Å². The molecule has 3 aromatic heterocycles. The van der Waals surface area contributed by atoms with Crippen molar-refractivity contribution in [3.63, 3.8) is 0 Å².